The number of rotatable bonds is 3. The molecule has 18 heavy (non-hydrogen) atoms. The normalized spacial score (nSPS) is 15.0. The van der Waals surface area contributed by atoms with Crippen LogP contribution in [0.1, 0.15) is 39.3 Å². The SMILES string of the molecule is CC(c1ccccc1)N(C)C(=O)[C@H](N)C(C)(C)C. The first-order valence-corrected chi connectivity index (χ1v) is 6.32. The number of carbonyl (C=O) groups excluding carboxylic acids is 1. The molecule has 2 atom stereocenters. The number of benzene rings is 1. The smallest absolute Gasteiger partial charge is 0.240 e. The summed E-state index contributed by atoms with van der Waals surface area (Å²) in [6, 6.07) is 9.54. The molecule has 0 aromatic heterocycles. The van der Waals surface area contributed by atoms with Crippen molar-refractivity contribution in [1.29, 1.82) is 0 Å². The number of nitrogens with zero attached hydrogens (tertiary/aromatic N) is 1. The van der Waals surface area contributed by atoms with Crippen molar-refractivity contribution in [3.63, 3.8) is 0 Å². The number of likely N-dealkylation sites (N-methyl/N-ethyl adjacent to an activating group) is 1. The lowest BCUT2D eigenvalue weighted by Crippen LogP contribution is -2.49. The van der Waals surface area contributed by atoms with Crippen LogP contribution in [0.3, 0.4) is 0 Å². The molecule has 2 N–H and O–H groups in total. The Labute approximate surface area is 110 Å². The van der Waals surface area contributed by atoms with Crippen LogP contribution in [-0.2, 0) is 4.79 Å². The first kappa shape index (κ1) is 14.7. The molecular formula is C15H24N2O. The van der Waals surface area contributed by atoms with Gasteiger partial charge < -0.3 is 10.6 Å². The van der Waals surface area contributed by atoms with Crippen LogP contribution in [0.5, 0.6) is 0 Å². The molecule has 0 aliphatic rings. The van der Waals surface area contributed by atoms with Crippen molar-refractivity contribution in [1.82, 2.24) is 4.90 Å². The lowest BCUT2D eigenvalue weighted by atomic mass is 9.86. The zero-order valence-corrected chi connectivity index (χ0v) is 12.0. The van der Waals surface area contributed by atoms with E-state index in [2.05, 4.69) is 0 Å². The van der Waals surface area contributed by atoms with Gasteiger partial charge in [0.05, 0.1) is 12.1 Å². The standard InChI is InChI=1S/C15H24N2O/c1-11(12-9-7-6-8-10-12)17(5)14(18)13(16)15(2,3)4/h6-11,13H,16H2,1-5H3/t11?,13-/m0/s1. The highest BCUT2D eigenvalue weighted by Crippen LogP contribution is 2.23. The van der Waals surface area contributed by atoms with Crippen molar-refractivity contribution in [2.45, 2.75) is 39.8 Å². The monoisotopic (exact) mass is 248 g/mol. The third-order valence-corrected chi connectivity index (χ3v) is 3.41. The first-order valence-electron chi connectivity index (χ1n) is 6.32. The summed E-state index contributed by atoms with van der Waals surface area (Å²) >= 11 is 0. The Bertz CT molecular complexity index is 395. The molecule has 0 heterocycles. The maximum Gasteiger partial charge on any atom is 0.240 e. The molecule has 1 aromatic rings. The lowest BCUT2D eigenvalue weighted by molar-refractivity contribution is -0.135. The summed E-state index contributed by atoms with van der Waals surface area (Å²) in [5.74, 6) is -0.0150. The Morgan fingerprint density at radius 2 is 1.72 bits per heavy atom. The zero-order valence-electron chi connectivity index (χ0n) is 12.0. The average Bonchev–Trinajstić information content (AvgIpc) is 2.35. The second-order valence-corrected chi connectivity index (χ2v) is 5.88. The van der Waals surface area contributed by atoms with E-state index in [1.165, 1.54) is 0 Å². The number of hydrogen-bond donors (Lipinski definition) is 1. The van der Waals surface area contributed by atoms with E-state index in [4.69, 9.17) is 5.73 Å². The van der Waals surface area contributed by atoms with Gasteiger partial charge in [0.1, 0.15) is 0 Å². The quantitative estimate of drug-likeness (QED) is 0.893. The van der Waals surface area contributed by atoms with Crippen LogP contribution >= 0.6 is 0 Å². The molecular weight excluding hydrogens is 224 g/mol. The number of nitrogens with two attached hydrogens (primary N) is 1. The third kappa shape index (κ3) is 3.33. The molecule has 0 bridgehead atoms. The van der Waals surface area contributed by atoms with Crippen molar-refractivity contribution in [2.24, 2.45) is 11.1 Å². The molecule has 1 rings (SSSR count). The van der Waals surface area contributed by atoms with E-state index in [-0.39, 0.29) is 17.4 Å². The van der Waals surface area contributed by atoms with E-state index in [1.54, 1.807) is 4.90 Å². The van der Waals surface area contributed by atoms with Gasteiger partial charge in [0.25, 0.3) is 0 Å². The molecule has 0 aliphatic heterocycles. The lowest BCUT2D eigenvalue weighted by Gasteiger charge is -2.33. The molecule has 0 saturated carbocycles. The van der Waals surface area contributed by atoms with Crippen LogP contribution in [0.4, 0.5) is 0 Å². The highest BCUT2D eigenvalue weighted by Gasteiger charge is 2.31. The van der Waals surface area contributed by atoms with Crippen molar-refractivity contribution in [3.8, 4) is 0 Å². The van der Waals surface area contributed by atoms with Crippen LogP contribution in [-0.4, -0.2) is 23.9 Å². The summed E-state index contributed by atoms with van der Waals surface area (Å²) in [5, 5.41) is 0. The second-order valence-electron chi connectivity index (χ2n) is 5.88. The topological polar surface area (TPSA) is 46.3 Å². The number of carbonyl (C=O) groups is 1. The minimum Gasteiger partial charge on any atom is -0.338 e. The molecule has 1 aromatic carbocycles. The Morgan fingerprint density at radius 3 is 2.17 bits per heavy atom. The Morgan fingerprint density at radius 1 is 1.22 bits per heavy atom. The average molecular weight is 248 g/mol. The van der Waals surface area contributed by atoms with Gasteiger partial charge in [0, 0.05) is 7.05 Å². The van der Waals surface area contributed by atoms with Gasteiger partial charge in [-0.25, -0.2) is 0 Å². The predicted molar refractivity (Wildman–Crippen MR) is 75.1 cm³/mol. The van der Waals surface area contributed by atoms with Crippen molar-refractivity contribution >= 4 is 5.91 Å². The van der Waals surface area contributed by atoms with Gasteiger partial charge in [-0.2, -0.15) is 0 Å². The fraction of sp³-hybridized carbons (Fsp3) is 0.533. The zero-order chi connectivity index (χ0) is 13.9. The van der Waals surface area contributed by atoms with E-state index < -0.39 is 6.04 Å². The maximum atomic E-state index is 12.3. The molecule has 0 aliphatic carbocycles. The largest absolute Gasteiger partial charge is 0.338 e. The van der Waals surface area contributed by atoms with Crippen molar-refractivity contribution < 1.29 is 4.79 Å². The van der Waals surface area contributed by atoms with Gasteiger partial charge >= 0.3 is 0 Å². The summed E-state index contributed by atoms with van der Waals surface area (Å²) in [6.45, 7) is 7.96. The van der Waals surface area contributed by atoms with Gasteiger partial charge in [-0.15, -0.1) is 0 Å². The van der Waals surface area contributed by atoms with E-state index in [1.807, 2.05) is 65.1 Å². The summed E-state index contributed by atoms with van der Waals surface area (Å²) in [7, 11) is 1.81. The maximum absolute atomic E-state index is 12.3. The van der Waals surface area contributed by atoms with Crippen LogP contribution < -0.4 is 5.73 Å². The van der Waals surface area contributed by atoms with Crippen LogP contribution in [0.2, 0.25) is 0 Å². The Balaban J connectivity index is 2.82. The first-order chi connectivity index (χ1) is 8.25. The van der Waals surface area contributed by atoms with Crippen molar-refractivity contribution in [3.05, 3.63) is 35.9 Å². The second kappa shape index (κ2) is 5.53. The Kier molecular flexibility index (Phi) is 4.52. The molecule has 3 heteroatoms. The van der Waals surface area contributed by atoms with Gasteiger partial charge in [-0.1, -0.05) is 51.1 Å². The summed E-state index contributed by atoms with van der Waals surface area (Å²) in [4.78, 5) is 14.0. The van der Waals surface area contributed by atoms with E-state index in [0.29, 0.717) is 0 Å². The fourth-order valence-corrected chi connectivity index (χ4v) is 1.74. The minimum absolute atomic E-state index is 0.0150. The van der Waals surface area contributed by atoms with Crippen LogP contribution in [0, 0.1) is 5.41 Å². The van der Waals surface area contributed by atoms with Gasteiger partial charge in [-0.3, -0.25) is 4.79 Å². The van der Waals surface area contributed by atoms with E-state index in [9.17, 15) is 4.79 Å². The highest BCUT2D eigenvalue weighted by molar-refractivity contribution is 5.82. The molecule has 0 radical (unpaired) electrons. The summed E-state index contributed by atoms with van der Waals surface area (Å²) in [6.07, 6.45) is 0. The van der Waals surface area contributed by atoms with Gasteiger partial charge in [-0.05, 0) is 17.9 Å². The molecule has 1 unspecified atom stereocenters. The molecule has 0 saturated heterocycles. The van der Waals surface area contributed by atoms with Crippen LogP contribution in [0.25, 0.3) is 0 Å². The van der Waals surface area contributed by atoms with E-state index >= 15 is 0 Å². The minimum atomic E-state index is -0.478. The number of amides is 1. The molecule has 100 valence electrons. The highest BCUT2D eigenvalue weighted by atomic mass is 16.2. The van der Waals surface area contributed by atoms with Gasteiger partial charge in [0.2, 0.25) is 5.91 Å². The van der Waals surface area contributed by atoms with Crippen LogP contribution in [0.15, 0.2) is 30.3 Å². The summed E-state index contributed by atoms with van der Waals surface area (Å²) < 4.78 is 0. The molecule has 3 nitrogen and oxygen atoms in total. The van der Waals surface area contributed by atoms with Gasteiger partial charge in [0.15, 0.2) is 0 Å². The molecule has 0 fully saturated rings. The number of hydrogen-bond acceptors (Lipinski definition) is 2. The Hall–Kier alpha value is -1.35. The fourth-order valence-electron chi connectivity index (χ4n) is 1.74. The van der Waals surface area contributed by atoms with E-state index in [0.717, 1.165) is 5.56 Å². The summed E-state index contributed by atoms with van der Waals surface area (Å²) in [5.41, 5.74) is 6.92. The predicted octanol–water partition coefficient (Wildman–Crippen LogP) is 2.58. The van der Waals surface area contributed by atoms with Crippen molar-refractivity contribution in [2.75, 3.05) is 7.05 Å². The molecule has 0 spiro atoms. The third-order valence-electron chi connectivity index (χ3n) is 3.41. The molecule has 1 amide bonds.